The van der Waals surface area contributed by atoms with Crippen molar-refractivity contribution < 1.29 is 9.59 Å². The molecule has 3 heterocycles. The molecule has 0 unspecified atom stereocenters. The van der Waals surface area contributed by atoms with Crippen molar-refractivity contribution in [2.24, 2.45) is 11.8 Å². The Morgan fingerprint density at radius 1 is 1.06 bits per heavy atom. The fourth-order valence-electron chi connectivity index (χ4n) is 5.10. The van der Waals surface area contributed by atoms with E-state index >= 15 is 0 Å². The number of aromatic nitrogens is 3. The van der Waals surface area contributed by atoms with E-state index in [0.717, 1.165) is 53.1 Å². The molecule has 1 aliphatic heterocycles. The Labute approximate surface area is 202 Å². The lowest BCUT2D eigenvalue weighted by Gasteiger charge is -2.31. The number of aryl methyl sites for hydroxylation is 3. The highest BCUT2D eigenvalue weighted by Gasteiger charge is 2.28. The number of likely N-dealkylation sites (tertiary alicyclic amines) is 1. The fraction of sp³-hybridized carbons (Fsp3) is 0.500. The highest BCUT2D eigenvalue weighted by Crippen LogP contribution is 2.24. The van der Waals surface area contributed by atoms with Gasteiger partial charge in [0, 0.05) is 48.4 Å². The van der Waals surface area contributed by atoms with E-state index in [1.807, 2.05) is 48.4 Å². The van der Waals surface area contributed by atoms with Crippen molar-refractivity contribution in [3.63, 3.8) is 0 Å². The summed E-state index contributed by atoms with van der Waals surface area (Å²) in [6.45, 7) is 11.7. The minimum absolute atomic E-state index is 0.000787. The monoisotopic (exact) mass is 460 g/mol. The van der Waals surface area contributed by atoms with E-state index < -0.39 is 0 Å². The largest absolute Gasteiger partial charge is 0.343 e. The Bertz CT molecular complexity index is 1190. The van der Waals surface area contributed by atoms with Gasteiger partial charge in [0.1, 0.15) is 0 Å². The highest BCUT2D eigenvalue weighted by atomic mass is 16.2. The average molecular weight is 461 g/mol. The van der Waals surface area contributed by atoms with Gasteiger partial charge in [0.2, 0.25) is 5.91 Å². The third-order valence-corrected chi connectivity index (χ3v) is 6.98. The maximum absolute atomic E-state index is 13.0. The Morgan fingerprint density at radius 3 is 2.38 bits per heavy atom. The van der Waals surface area contributed by atoms with Gasteiger partial charge in [0.15, 0.2) is 11.4 Å². The summed E-state index contributed by atoms with van der Waals surface area (Å²) in [5.41, 5.74) is 6.95. The Balaban J connectivity index is 1.31. The van der Waals surface area contributed by atoms with Crippen molar-refractivity contribution in [2.45, 2.75) is 66.7 Å². The Hall–Kier alpha value is -3.02. The van der Waals surface area contributed by atoms with Crippen molar-refractivity contribution in [2.75, 3.05) is 13.1 Å². The second-order valence-corrected chi connectivity index (χ2v) is 10.1. The molecule has 1 fully saturated rings. The molecule has 0 radical (unpaired) electrons. The van der Waals surface area contributed by atoms with E-state index in [-0.39, 0.29) is 17.6 Å². The maximum Gasteiger partial charge on any atom is 0.222 e. The normalized spacial score (nSPS) is 14.8. The summed E-state index contributed by atoms with van der Waals surface area (Å²) in [6, 6.07) is 10.1. The average Bonchev–Trinajstić information content (AvgIpc) is 3.18. The summed E-state index contributed by atoms with van der Waals surface area (Å²) in [5, 5.41) is 4.53. The molecule has 0 bridgehead atoms. The SMILES string of the molecule is Cc1cc2nc(C)c(CCC(=O)N3CCC(C(=O)c4ccc(CC(C)C)cc4)CC3)c(C)n2n1. The topological polar surface area (TPSA) is 67.6 Å². The summed E-state index contributed by atoms with van der Waals surface area (Å²) < 4.78 is 1.87. The van der Waals surface area contributed by atoms with Crippen LogP contribution in [0.2, 0.25) is 0 Å². The van der Waals surface area contributed by atoms with Gasteiger partial charge in [-0.05, 0) is 63.5 Å². The van der Waals surface area contributed by atoms with E-state index in [1.165, 1.54) is 5.56 Å². The standard InChI is InChI=1S/C28H36N4O2/c1-18(2)16-22-6-8-23(9-7-22)28(34)24-12-14-31(15-13-24)27(33)11-10-25-20(4)29-26-17-19(3)30-32(26)21(25)5/h6-9,17-18,24H,10-16H2,1-5H3. The van der Waals surface area contributed by atoms with E-state index in [1.54, 1.807) is 0 Å². The third kappa shape index (κ3) is 5.21. The van der Waals surface area contributed by atoms with Gasteiger partial charge in [-0.2, -0.15) is 5.10 Å². The lowest BCUT2D eigenvalue weighted by molar-refractivity contribution is -0.132. The van der Waals surface area contributed by atoms with Gasteiger partial charge in [-0.25, -0.2) is 9.50 Å². The van der Waals surface area contributed by atoms with E-state index in [9.17, 15) is 9.59 Å². The molecule has 3 aromatic rings. The molecule has 0 aliphatic carbocycles. The molecule has 0 saturated carbocycles. The first-order valence-corrected chi connectivity index (χ1v) is 12.5. The van der Waals surface area contributed by atoms with Crippen LogP contribution in [0.3, 0.4) is 0 Å². The number of carbonyl (C=O) groups excluding carboxylic acids is 2. The minimum atomic E-state index is -0.000787. The van der Waals surface area contributed by atoms with Crippen molar-refractivity contribution in [1.82, 2.24) is 19.5 Å². The van der Waals surface area contributed by atoms with Gasteiger partial charge in [-0.1, -0.05) is 38.1 Å². The molecule has 34 heavy (non-hydrogen) atoms. The zero-order valence-electron chi connectivity index (χ0n) is 21.1. The third-order valence-electron chi connectivity index (χ3n) is 6.98. The highest BCUT2D eigenvalue weighted by molar-refractivity contribution is 5.98. The summed E-state index contributed by atoms with van der Waals surface area (Å²) in [4.78, 5) is 32.5. The molecule has 6 nitrogen and oxygen atoms in total. The molecule has 0 atom stereocenters. The van der Waals surface area contributed by atoms with Gasteiger partial charge in [-0.3, -0.25) is 9.59 Å². The molecule has 2 aromatic heterocycles. The van der Waals surface area contributed by atoms with Gasteiger partial charge in [-0.15, -0.1) is 0 Å². The summed E-state index contributed by atoms with van der Waals surface area (Å²) >= 11 is 0. The van der Waals surface area contributed by atoms with Crippen LogP contribution in [0, 0.1) is 32.6 Å². The number of ketones is 1. The number of hydrogen-bond acceptors (Lipinski definition) is 4. The van der Waals surface area contributed by atoms with Crippen LogP contribution in [0.4, 0.5) is 0 Å². The van der Waals surface area contributed by atoms with E-state index in [2.05, 4.69) is 36.1 Å². The Morgan fingerprint density at radius 2 is 1.74 bits per heavy atom. The molecule has 0 spiro atoms. The van der Waals surface area contributed by atoms with Crippen molar-refractivity contribution >= 4 is 17.3 Å². The molecule has 1 amide bonds. The van der Waals surface area contributed by atoms with E-state index in [4.69, 9.17) is 0 Å². The van der Waals surface area contributed by atoms with Gasteiger partial charge < -0.3 is 4.90 Å². The minimum Gasteiger partial charge on any atom is -0.343 e. The van der Waals surface area contributed by atoms with E-state index in [0.29, 0.717) is 31.8 Å². The maximum atomic E-state index is 13.0. The number of rotatable bonds is 7. The van der Waals surface area contributed by atoms with Crippen molar-refractivity contribution in [3.05, 3.63) is 64.1 Å². The van der Waals surface area contributed by atoms with Crippen LogP contribution in [0.1, 0.15) is 71.7 Å². The number of carbonyl (C=O) groups is 2. The first kappa shape index (κ1) is 24.1. The van der Waals surface area contributed by atoms with Crippen LogP contribution < -0.4 is 0 Å². The van der Waals surface area contributed by atoms with Crippen LogP contribution in [-0.2, 0) is 17.6 Å². The van der Waals surface area contributed by atoms with Crippen LogP contribution >= 0.6 is 0 Å². The second-order valence-electron chi connectivity index (χ2n) is 10.1. The number of fused-ring (bicyclic) bond motifs is 1. The molecular weight excluding hydrogens is 424 g/mol. The molecule has 1 aromatic carbocycles. The van der Waals surface area contributed by atoms with Crippen molar-refractivity contribution in [3.8, 4) is 0 Å². The smallest absolute Gasteiger partial charge is 0.222 e. The molecule has 1 saturated heterocycles. The van der Waals surface area contributed by atoms with Crippen LogP contribution in [0.5, 0.6) is 0 Å². The summed E-state index contributed by atoms with van der Waals surface area (Å²) in [7, 11) is 0. The Kier molecular flexibility index (Phi) is 7.15. The van der Waals surface area contributed by atoms with Gasteiger partial charge >= 0.3 is 0 Å². The lowest BCUT2D eigenvalue weighted by Crippen LogP contribution is -2.40. The molecule has 6 heteroatoms. The number of nitrogens with zero attached hydrogens (tertiary/aromatic N) is 4. The first-order chi connectivity index (χ1) is 16.2. The molecular formula is C28H36N4O2. The number of piperidine rings is 1. The number of hydrogen-bond donors (Lipinski definition) is 0. The number of benzene rings is 1. The van der Waals surface area contributed by atoms with Gasteiger partial charge in [0.25, 0.3) is 0 Å². The quantitative estimate of drug-likeness (QED) is 0.470. The fourth-order valence-corrected chi connectivity index (χ4v) is 5.10. The predicted molar refractivity (Wildman–Crippen MR) is 134 cm³/mol. The molecule has 0 N–H and O–H groups in total. The first-order valence-electron chi connectivity index (χ1n) is 12.5. The predicted octanol–water partition coefficient (Wildman–Crippen LogP) is 4.91. The summed E-state index contributed by atoms with van der Waals surface area (Å²) in [5.74, 6) is 0.965. The van der Waals surface area contributed by atoms with Crippen LogP contribution in [-0.4, -0.2) is 44.3 Å². The zero-order chi connectivity index (χ0) is 24.4. The van der Waals surface area contributed by atoms with Crippen LogP contribution in [0.25, 0.3) is 5.65 Å². The summed E-state index contributed by atoms with van der Waals surface area (Å²) in [6.07, 6.45) is 3.59. The van der Waals surface area contributed by atoms with Gasteiger partial charge in [0.05, 0.1) is 5.69 Å². The second kappa shape index (κ2) is 10.1. The molecule has 1 aliphatic rings. The lowest BCUT2D eigenvalue weighted by atomic mass is 9.88. The molecule has 180 valence electrons. The zero-order valence-corrected chi connectivity index (χ0v) is 21.1. The molecule has 4 rings (SSSR count). The van der Waals surface area contributed by atoms with Crippen LogP contribution in [0.15, 0.2) is 30.3 Å². The number of amides is 1. The number of Topliss-reactive ketones (excluding diaryl/α,β-unsaturated/α-hetero) is 1. The van der Waals surface area contributed by atoms with Crippen molar-refractivity contribution in [1.29, 1.82) is 0 Å².